The highest BCUT2D eigenvalue weighted by molar-refractivity contribution is 5.20. The molecule has 2 atom stereocenters. The van der Waals surface area contributed by atoms with Crippen LogP contribution >= 0.6 is 0 Å². The lowest BCUT2D eigenvalue weighted by molar-refractivity contribution is 0.0140. The van der Waals surface area contributed by atoms with Crippen molar-refractivity contribution < 1.29 is 4.74 Å². The Morgan fingerprint density at radius 3 is 2.75 bits per heavy atom. The SMILES string of the molecule is COC1CCCN(C(CNC2CC2)c2ccccc2)C1. The minimum absolute atomic E-state index is 0.399. The van der Waals surface area contributed by atoms with Crippen molar-refractivity contribution in [1.29, 1.82) is 0 Å². The third-order valence-electron chi connectivity index (χ3n) is 4.55. The van der Waals surface area contributed by atoms with Gasteiger partial charge in [-0.15, -0.1) is 0 Å². The average Bonchev–Trinajstić information content (AvgIpc) is 3.33. The van der Waals surface area contributed by atoms with Gasteiger partial charge in [-0.3, -0.25) is 4.90 Å². The van der Waals surface area contributed by atoms with Crippen molar-refractivity contribution in [2.75, 3.05) is 26.7 Å². The van der Waals surface area contributed by atoms with E-state index < -0.39 is 0 Å². The van der Waals surface area contributed by atoms with Gasteiger partial charge in [0.1, 0.15) is 0 Å². The minimum atomic E-state index is 0.399. The van der Waals surface area contributed by atoms with Crippen LogP contribution < -0.4 is 5.32 Å². The summed E-state index contributed by atoms with van der Waals surface area (Å²) in [4.78, 5) is 2.60. The Morgan fingerprint density at radius 2 is 2.05 bits per heavy atom. The number of ether oxygens (including phenoxy) is 1. The molecule has 1 aliphatic heterocycles. The predicted octanol–water partition coefficient (Wildman–Crippen LogP) is 2.59. The first-order chi connectivity index (χ1) is 9.86. The molecule has 3 nitrogen and oxygen atoms in total. The Morgan fingerprint density at radius 1 is 1.25 bits per heavy atom. The highest BCUT2D eigenvalue weighted by Gasteiger charge is 2.29. The fourth-order valence-electron chi connectivity index (χ4n) is 3.14. The molecule has 2 fully saturated rings. The minimum Gasteiger partial charge on any atom is -0.380 e. The maximum Gasteiger partial charge on any atom is 0.0698 e. The maximum atomic E-state index is 5.58. The summed E-state index contributed by atoms with van der Waals surface area (Å²) in [6.07, 6.45) is 5.54. The number of rotatable bonds is 6. The number of nitrogens with zero attached hydrogens (tertiary/aromatic N) is 1. The van der Waals surface area contributed by atoms with E-state index >= 15 is 0 Å². The molecule has 0 aromatic heterocycles. The summed E-state index contributed by atoms with van der Waals surface area (Å²) in [5, 5.41) is 3.70. The molecule has 2 aliphatic rings. The van der Waals surface area contributed by atoms with Crippen molar-refractivity contribution in [3.8, 4) is 0 Å². The molecule has 1 heterocycles. The molecule has 2 unspecified atom stereocenters. The predicted molar refractivity (Wildman–Crippen MR) is 81.8 cm³/mol. The van der Waals surface area contributed by atoms with Gasteiger partial charge in [-0.2, -0.15) is 0 Å². The van der Waals surface area contributed by atoms with Gasteiger partial charge in [0.15, 0.2) is 0 Å². The van der Waals surface area contributed by atoms with Crippen molar-refractivity contribution in [3.05, 3.63) is 35.9 Å². The molecule has 1 aliphatic carbocycles. The van der Waals surface area contributed by atoms with Crippen molar-refractivity contribution in [1.82, 2.24) is 10.2 Å². The molecule has 3 heteroatoms. The Balaban J connectivity index is 1.69. The topological polar surface area (TPSA) is 24.5 Å². The molecule has 1 N–H and O–H groups in total. The van der Waals surface area contributed by atoms with Crippen LogP contribution in [0.4, 0.5) is 0 Å². The lowest BCUT2D eigenvalue weighted by atomic mass is 10.0. The number of hydrogen-bond donors (Lipinski definition) is 1. The lowest BCUT2D eigenvalue weighted by Gasteiger charge is -2.38. The molecule has 1 aromatic carbocycles. The zero-order valence-electron chi connectivity index (χ0n) is 12.4. The van der Waals surface area contributed by atoms with E-state index in [1.54, 1.807) is 0 Å². The Kier molecular flexibility index (Phi) is 4.71. The molecule has 1 saturated carbocycles. The van der Waals surface area contributed by atoms with Gasteiger partial charge >= 0.3 is 0 Å². The molecule has 1 saturated heterocycles. The van der Waals surface area contributed by atoms with Crippen LogP contribution in [0, 0.1) is 0 Å². The molecular formula is C17H26N2O. The molecule has 20 heavy (non-hydrogen) atoms. The van der Waals surface area contributed by atoms with E-state index in [-0.39, 0.29) is 0 Å². The van der Waals surface area contributed by atoms with Crippen LogP contribution in [0.5, 0.6) is 0 Å². The smallest absolute Gasteiger partial charge is 0.0698 e. The second-order valence-corrected chi connectivity index (χ2v) is 6.10. The molecule has 0 amide bonds. The summed E-state index contributed by atoms with van der Waals surface area (Å²) in [5.74, 6) is 0. The first-order valence-corrected chi connectivity index (χ1v) is 7.92. The molecular weight excluding hydrogens is 248 g/mol. The van der Waals surface area contributed by atoms with Crippen LogP contribution in [0.1, 0.15) is 37.3 Å². The third-order valence-corrected chi connectivity index (χ3v) is 4.55. The van der Waals surface area contributed by atoms with Crippen molar-refractivity contribution >= 4 is 0 Å². The van der Waals surface area contributed by atoms with Gasteiger partial charge in [-0.05, 0) is 37.8 Å². The van der Waals surface area contributed by atoms with Crippen LogP contribution in [0.25, 0.3) is 0 Å². The molecule has 0 bridgehead atoms. The van der Waals surface area contributed by atoms with Gasteiger partial charge in [-0.1, -0.05) is 30.3 Å². The van der Waals surface area contributed by atoms with Gasteiger partial charge in [0.2, 0.25) is 0 Å². The molecule has 3 rings (SSSR count). The standard InChI is InChI=1S/C17H26N2O/c1-20-16-8-5-11-19(13-16)17(12-18-15-9-10-15)14-6-3-2-4-7-14/h2-4,6-7,15-18H,5,8-13H2,1H3. The van der Waals surface area contributed by atoms with E-state index in [4.69, 9.17) is 4.74 Å². The second kappa shape index (κ2) is 6.70. The zero-order valence-corrected chi connectivity index (χ0v) is 12.4. The number of piperidine rings is 1. The third kappa shape index (κ3) is 3.60. The summed E-state index contributed by atoms with van der Waals surface area (Å²) in [6, 6.07) is 12.2. The monoisotopic (exact) mass is 274 g/mol. The van der Waals surface area contributed by atoms with Gasteiger partial charge in [0.25, 0.3) is 0 Å². The summed E-state index contributed by atoms with van der Waals surface area (Å²) < 4.78 is 5.58. The van der Waals surface area contributed by atoms with Crippen LogP contribution in [0.2, 0.25) is 0 Å². The van der Waals surface area contributed by atoms with Gasteiger partial charge in [0.05, 0.1) is 6.10 Å². The van der Waals surface area contributed by atoms with Crippen LogP contribution in [0.3, 0.4) is 0 Å². The largest absolute Gasteiger partial charge is 0.380 e. The van der Waals surface area contributed by atoms with Crippen molar-refractivity contribution in [3.63, 3.8) is 0 Å². The molecule has 0 spiro atoms. The number of methoxy groups -OCH3 is 1. The van der Waals surface area contributed by atoms with Gasteiger partial charge in [-0.25, -0.2) is 0 Å². The lowest BCUT2D eigenvalue weighted by Crippen LogP contribution is -2.44. The molecule has 1 aromatic rings. The first-order valence-electron chi connectivity index (χ1n) is 7.92. The van der Waals surface area contributed by atoms with E-state index in [0.717, 1.165) is 19.1 Å². The Hall–Kier alpha value is -0.900. The fraction of sp³-hybridized carbons (Fsp3) is 0.647. The van der Waals surface area contributed by atoms with E-state index in [9.17, 15) is 0 Å². The molecule has 110 valence electrons. The van der Waals surface area contributed by atoms with Gasteiger partial charge in [0, 0.05) is 32.3 Å². The highest BCUT2D eigenvalue weighted by atomic mass is 16.5. The number of likely N-dealkylation sites (tertiary alicyclic amines) is 1. The average molecular weight is 274 g/mol. The quantitative estimate of drug-likeness (QED) is 0.863. The van der Waals surface area contributed by atoms with E-state index in [2.05, 4.69) is 40.5 Å². The second-order valence-electron chi connectivity index (χ2n) is 6.10. The maximum absolute atomic E-state index is 5.58. The first kappa shape index (κ1) is 14.1. The van der Waals surface area contributed by atoms with Crippen LogP contribution in [0.15, 0.2) is 30.3 Å². The highest BCUT2D eigenvalue weighted by Crippen LogP contribution is 2.27. The van der Waals surface area contributed by atoms with Gasteiger partial charge < -0.3 is 10.1 Å². The number of nitrogens with one attached hydrogen (secondary N) is 1. The summed E-state index contributed by atoms with van der Waals surface area (Å²) in [5.41, 5.74) is 1.43. The fourth-order valence-corrected chi connectivity index (χ4v) is 3.14. The van der Waals surface area contributed by atoms with E-state index in [0.29, 0.717) is 12.1 Å². The summed E-state index contributed by atoms with van der Waals surface area (Å²) >= 11 is 0. The van der Waals surface area contributed by atoms with Crippen LogP contribution in [-0.2, 0) is 4.74 Å². The Bertz CT molecular complexity index is 405. The molecule has 0 radical (unpaired) electrons. The normalized spacial score (nSPS) is 25.6. The summed E-state index contributed by atoms with van der Waals surface area (Å²) in [7, 11) is 1.84. The van der Waals surface area contributed by atoms with E-state index in [1.165, 1.54) is 37.8 Å². The van der Waals surface area contributed by atoms with Crippen LogP contribution in [-0.4, -0.2) is 43.8 Å². The number of benzene rings is 1. The van der Waals surface area contributed by atoms with Crippen molar-refractivity contribution in [2.45, 2.75) is 43.9 Å². The van der Waals surface area contributed by atoms with Crippen molar-refractivity contribution in [2.24, 2.45) is 0 Å². The summed E-state index contributed by atoms with van der Waals surface area (Å²) in [6.45, 7) is 3.30. The Labute approximate surface area is 122 Å². The zero-order chi connectivity index (χ0) is 13.8. The number of hydrogen-bond acceptors (Lipinski definition) is 3. The van der Waals surface area contributed by atoms with E-state index in [1.807, 2.05) is 7.11 Å².